The number of rotatable bonds is 0. The Morgan fingerprint density at radius 1 is 1.55 bits per heavy atom. The number of aromatic nitrogens is 3. The standard InChI is InChI=1S/C8H5N3/c1-2-6-3-4-9-8-7(6)5-10-11-8/h1,3-5H,(H,9,10,11). The van der Waals surface area contributed by atoms with E-state index in [1.54, 1.807) is 18.5 Å². The zero-order valence-electron chi connectivity index (χ0n) is 5.70. The van der Waals surface area contributed by atoms with Gasteiger partial charge in [-0.1, -0.05) is 5.92 Å². The van der Waals surface area contributed by atoms with Crippen molar-refractivity contribution in [3.63, 3.8) is 0 Å². The van der Waals surface area contributed by atoms with Gasteiger partial charge in [0.25, 0.3) is 0 Å². The molecular weight excluding hydrogens is 138 g/mol. The topological polar surface area (TPSA) is 41.6 Å². The summed E-state index contributed by atoms with van der Waals surface area (Å²) in [7, 11) is 0. The molecule has 0 atom stereocenters. The van der Waals surface area contributed by atoms with Gasteiger partial charge in [0.2, 0.25) is 0 Å². The first-order chi connectivity index (χ1) is 5.42. The second-order valence-corrected chi connectivity index (χ2v) is 2.14. The predicted molar refractivity (Wildman–Crippen MR) is 41.8 cm³/mol. The summed E-state index contributed by atoms with van der Waals surface area (Å²) < 4.78 is 0. The SMILES string of the molecule is C#Cc1ccnc2[nH]ncc12. The summed E-state index contributed by atoms with van der Waals surface area (Å²) in [5.74, 6) is 2.56. The first-order valence-electron chi connectivity index (χ1n) is 3.16. The van der Waals surface area contributed by atoms with Crippen LogP contribution >= 0.6 is 0 Å². The molecule has 0 aromatic carbocycles. The fraction of sp³-hybridized carbons (Fsp3) is 0. The van der Waals surface area contributed by atoms with Crippen molar-refractivity contribution in [1.82, 2.24) is 15.2 Å². The van der Waals surface area contributed by atoms with E-state index in [0.717, 1.165) is 16.6 Å². The van der Waals surface area contributed by atoms with Gasteiger partial charge in [0.05, 0.1) is 11.6 Å². The molecule has 0 saturated carbocycles. The molecule has 0 aliphatic rings. The number of hydrogen-bond donors (Lipinski definition) is 1. The Morgan fingerprint density at radius 3 is 3.27 bits per heavy atom. The predicted octanol–water partition coefficient (Wildman–Crippen LogP) is 0.939. The summed E-state index contributed by atoms with van der Waals surface area (Å²) in [5.41, 5.74) is 1.56. The Hall–Kier alpha value is -1.82. The lowest BCUT2D eigenvalue weighted by Crippen LogP contribution is -1.78. The number of nitrogens with zero attached hydrogens (tertiary/aromatic N) is 2. The molecule has 0 amide bonds. The van der Waals surface area contributed by atoms with Crippen molar-refractivity contribution in [3.8, 4) is 12.3 Å². The minimum absolute atomic E-state index is 0.737. The molecule has 2 aromatic heterocycles. The van der Waals surface area contributed by atoms with Crippen LogP contribution < -0.4 is 0 Å². The number of fused-ring (bicyclic) bond motifs is 1. The quantitative estimate of drug-likeness (QED) is 0.557. The first kappa shape index (κ1) is 5.93. The number of nitrogens with one attached hydrogen (secondary N) is 1. The van der Waals surface area contributed by atoms with Gasteiger partial charge in [0.15, 0.2) is 5.65 Å². The second-order valence-electron chi connectivity index (χ2n) is 2.14. The van der Waals surface area contributed by atoms with Gasteiger partial charge in [-0.15, -0.1) is 6.42 Å². The van der Waals surface area contributed by atoms with E-state index in [-0.39, 0.29) is 0 Å². The van der Waals surface area contributed by atoms with E-state index in [9.17, 15) is 0 Å². The molecule has 0 saturated heterocycles. The highest BCUT2D eigenvalue weighted by molar-refractivity contribution is 5.80. The van der Waals surface area contributed by atoms with Crippen LogP contribution in [0.3, 0.4) is 0 Å². The number of aromatic amines is 1. The normalized spacial score (nSPS) is 9.73. The summed E-state index contributed by atoms with van der Waals surface area (Å²) >= 11 is 0. The molecule has 1 N–H and O–H groups in total. The lowest BCUT2D eigenvalue weighted by Gasteiger charge is -1.89. The maximum atomic E-state index is 5.26. The molecule has 3 heteroatoms. The van der Waals surface area contributed by atoms with Crippen LogP contribution in [-0.2, 0) is 0 Å². The van der Waals surface area contributed by atoms with Gasteiger partial charge in [-0.05, 0) is 6.07 Å². The number of pyridine rings is 1. The Labute approximate surface area is 63.5 Å². The first-order valence-corrected chi connectivity index (χ1v) is 3.16. The van der Waals surface area contributed by atoms with E-state index in [4.69, 9.17) is 6.42 Å². The number of hydrogen-bond acceptors (Lipinski definition) is 2. The summed E-state index contributed by atoms with van der Waals surface area (Å²) in [6.07, 6.45) is 8.60. The minimum Gasteiger partial charge on any atom is -0.261 e. The van der Waals surface area contributed by atoms with E-state index >= 15 is 0 Å². The third-order valence-electron chi connectivity index (χ3n) is 1.51. The smallest absolute Gasteiger partial charge is 0.156 e. The summed E-state index contributed by atoms with van der Waals surface area (Å²) in [6.45, 7) is 0. The molecule has 2 aromatic rings. The van der Waals surface area contributed by atoms with Crippen LogP contribution in [0.15, 0.2) is 18.5 Å². The molecule has 0 radical (unpaired) electrons. The van der Waals surface area contributed by atoms with Crippen molar-refractivity contribution in [3.05, 3.63) is 24.0 Å². The third-order valence-corrected chi connectivity index (χ3v) is 1.51. The van der Waals surface area contributed by atoms with Crippen molar-refractivity contribution in [1.29, 1.82) is 0 Å². The van der Waals surface area contributed by atoms with Crippen LogP contribution in [-0.4, -0.2) is 15.2 Å². The largest absolute Gasteiger partial charge is 0.261 e. The van der Waals surface area contributed by atoms with Crippen molar-refractivity contribution in [2.45, 2.75) is 0 Å². The average Bonchev–Trinajstić information content (AvgIpc) is 2.50. The molecule has 0 bridgehead atoms. The van der Waals surface area contributed by atoms with Gasteiger partial charge in [-0.3, -0.25) is 5.10 Å². The van der Waals surface area contributed by atoms with Crippen LogP contribution in [0.2, 0.25) is 0 Å². The lowest BCUT2D eigenvalue weighted by molar-refractivity contribution is 1.10. The monoisotopic (exact) mass is 143 g/mol. The fourth-order valence-corrected chi connectivity index (χ4v) is 0.977. The second kappa shape index (κ2) is 2.10. The molecule has 52 valence electrons. The van der Waals surface area contributed by atoms with Crippen LogP contribution in [0.4, 0.5) is 0 Å². The van der Waals surface area contributed by atoms with Crippen LogP contribution in [0.1, 0.15) is 5.56 Å². The zero-order chi connectivity index (χ0) is 7.68. The van der Waals surface area contributed by atoms with E-state index in [1.165, 1.54) is 0 Å². The lowest BCUT2D eigenvalue weighted by atomic mass is 10.2. The molecule has 11 heavy (non-hydrogen) atoms. The molecule has 2 heterocycles. The van der Waals surface area contributed by atoms with Gasteiger partial charge in [0.1, 0.15) is 0 Å². The van der Waals surface area contributed by atoms with Crippen molar-refractivity contribution in [2.75, 3.05) is 0 Å². The Bertz CT molecular complexity index is 422. The Kier molecular flexibility index (Phi) is 1.13. The van der Waals surface area contributed by atoms with E-state index in [1.807, 2.05) is 0 Å². The van der Waals surface area contributed by atoms with E-state index in [2.05, 4.69) is 21.1 Å². The molecule has 2 rings (SSSR count). The van der Waals surface area contributed by atoms with Gasteiger partial charge in [0, 0.05) is 11.8 Å². The summed E-state index contributed by atoms with van der Waals surface area (Å²) in [6, 6.07) is 1.79. The van der Waals surface area contributed by atoms with Gasteiger partial charge in [-0.2, -0.15) is 5.10 Å². The molecule has 3 nitrogen and oxygen atoms in total. The maximum absolute atomic E-state index is 5.26. The summed E-state index contributed by atoms with van der Waals surface area (Å²) in [5, 5.41) is 7.46. The van der Waals surface area contributed by atoms with Gasteiger partial charge >= 0.3 is 0 Å². The third kappa shape index (κ3) is 0.767. The van der Waals surface area contributed by atoms with Crippen LogP contribution in [0.5, 0.6) is 0 Å². The summed E-state index contributed by atoms with van der Waals surface area (Å²) in [4.78, 5) is 4.04. The Balaban J connectivity index is 2.92. The van der Waals surface area contributed by atoms with Crippen molar-refractivity contribution < 1.29 is 0 Å². The van der Waals surface area contributed by atoms with Crippen LogP contribution in [0, 0.1) is 12.3 Å². The molecule has 0 aliphatic carbocycles. The molecule has 0 aliphatic heterocycles. The fourth-order valence-electron chi connectivity index (χ4n) is 0.977. The highest BCUT2D eigenvalue weighted by atomic mass is 15.1. The Morgan fingerprint density at radius 2 is 2.45 bits per heavy atom. The molecule has 0 unspecified atom stereocenters. The number of terminal acetylenes is 1. The highest BCUT2D eigenvalue weighted by Crippen LogP contribution is 2.11. The average molecular weight is 143 g/mol. The highest BCUT2D eigenvalue weighted by Gasteiger charge is 1.98. The number of H-pyrrole nitrogens is 1. The van der Waals surface area contributed by atoms with E-state index < -0.39 is 0 Å². The molecule has 0 fully saturated rings. The zero-order valence-corrected chi connectivity index (χ0v) is 5.70. The van der Waals surface area contributed by atoms with Gasteiger partial charge in [-0.25, -0.2) is 4.98 Å². The maximum Gasteiger partial charge on any atom is 0.156 e. The molecule has 0 spiro atoms. The van der Waals surface area contributed by atoms with Gasteiger partial charge < -0.3 is 0 Å². The van der Waals surface area contributed by atoms with Crippen molar-refractivity contribution in [2.24, 2.45) is 0 Å². The van der Waals surface area contributed by atoms with Crippen molar-refractivity contribution >= 4 is 11.0 Å². The van der Waals surface area contributed by atoms with Crippen LogP contribution in [0.25, 0.3) is 11.0 Å². The minimum atomic E-state index is 0.737. The molecular formula is C8H5N3. The van der Waals surface area contributed by atoms with E-state index in [0.29, 0.717) is 0 Å².